The predicted molar refractivity (Wildman–Crippen MR) is 112 cm³/mol. The summed E-state index contributed by atoms with van der Waals surface area (Å²) in [6.07, 6.45) is -1.46. The van der Waals surface area contributed by atoms with E-state index in [4.69, 9.17) is 20.2 Å². The maximum absolute atomic E-state index is 13.8. The molecule has 168 valence electrons. The third-order valence-electron chi connectivity index (χ3n) is 5.37. The molecule has 11 heteroatoms. The first kappa shape index (κ1) is 21.6. The second-order valence-corrected chi connectivity index (χ2v) is 8.04. The molecule has 0 bridgehead atoms. The lowest BCUT2D eigenvalue weighted by Gasteiger charge is -2.37. The Bertz CT molecular complexity index is 922. The molecular formula is C20H27F2N7O2. The first-order valence-electron chi connectivity index (χ1n) is 10.4. The number of hydrogen-bond donors (Lipinski definition) is 1. The normalized spacial score (nSPS) is 24.6. The van der Waals surface area contributed by atoms with E-state index in [0.29, 0.717) is 44.7 Å². The van der Waals surface area contributed by atoms with Gasteiger partial charge in [-0.1, -0.05) is 0 Å². The molecule has 2 aromatic heterocycles. The highest BCUT2D eigenvalue weighted by Gasteiger charge is 2.29. The largest absolute Gasteiger partial charge is 0.384 e. The molecule has 4 heterocycles. The van der Waals surface area contributed by atoms with Gasteiger partial charge in [-0.2, -0.15) is 15.0 Å². The summed E-state index contributed by atoms with van der Waals surface area (Å²) < 4.78 is 38.9. The minimum Gasteiger partial charge on any atom is -0.384 e. The van der Waals surface area contributed by atoms with Crippen molar-refractivity contribution in [3.63, 3.8) is 0 Å². The number of halogens is 2. The fraction of sp³-hybridized carbons (Fsp3) is 0.600. The maximum atomic E-state index is 13.8. The molecule has 2 saturated heterocycles. The first-order valence-corrected chi connectivity index (χ1v) is 10.4. The molecule has 2 aliphatic heterocycles. The van der Waals surface area contributed by atoms with Crippen LogP contribution in [0.15, 0.2) is 12.3 Å². The Balaban J connectivity index is 1.82. The number of nitrogens with two attached hydrogens (primary N) is 1. The quantitative estimate of drug-likeness (QED) is 0.775. The summed E-state index contributed by atoms with van der Waals surface area (Å²) in [4.78, 5) is 21.8. The van der Waals surface area contributed by atoms with Crippen LogP contribution in [0.4, 0.5) is 26.5 Å². The molecule has 2 fully saturated rings. The SMILES string of the molecule is C[C@@H]1CN(c2nc(-c3cnc(N)cc3C(F)F)nc(N3CCOC[C@H]3C)n2)C[C@H](C)O1. The van der Waals surface area contributed by atoms with Crippen molar-refractivity contribution in [2.75, 3.05) is 48.4 Å². The number of pyridine rings is 1. The summed E-state index contributed by atoms with van der Waals surface area (Å²) in [5, 5.41) is 0. The van der Waals surface area contributed by atoms with Crippen LogP contribution in [0.2, 0.25) is 0 Å². The number of rotatable bonds is 4. The zero-order chi connectivity index (χ0) is 22.1. The number of alkyl halides is 2. The Hall–Kier alpha value is -2.66. The Morgan fingerprint density at radius 2 is 1.81 bits per heavy atom. The van der Waals surface area contributed by atoms with Gasteiger partial charge in [0.05, 0.1) is 31.5 Å². The Morgan fingerprint density at radius 3 is 2.48 bits per heavy atom. The van der Waals surface area contributed by atoms with Crippen molar-refractivity contribution >= 4 is 17.7 Å². The van der Waals surface area contributed by atoms with Gasteiger partial charge in [-0.25, -0.2) is 13.8 Å². The van der Waals surface area contributed by atoms with E-state index in [-0.39, 0.29) is 41.0 Å². The van der Waals surface area contributed by atoms with Crippen LogP contribution in [0, 0.1) is 0 Å². The standard InChI is InChI=1S/C20H27F2N7O2/c1-11-10-30-5-4-29(11)20-26-18(15-7-24-16(23)6-14(15)17(21)22)25-19(27-20)28-8-12(2)31-13(3)9-28/h6-7,11-13,17H,4-5,8-10H2,1-3H3,(H2,23,24)/t11-,12-,13+/m1/s1. The zero-order valence-electron chi connectivity index (χ0n) is 17.8. The van der Waals surface area contributed by atoms with Crippen molar-refractivity contribution in [1.82, 2.24) is 19.9 Å². The van der Waals surface area contributed by atoms with E-state index in [1.54, 1.807) is 0 Å². The molecule has 3 atom stereocenters. The van der Waals surface area contributed by atoms with Gasteiger partial charge >= 0.3 is 0 Å². The molecule has 2 N–H and O–H groups in total. The van der Waals surface area contributed by atoms with E-state index in [1.165, 1.54) is 12.3 Å². The van der Waals surface area contributed by atoms with Crippen LogP contribution < -0.4 is 15.5 Å². The van der Waals surface area contributed by atoms with Crippen LogP contribution in [0.1, 0.15) is 32.8 Å². The van der Waals surface area contributed by atoms with E-state index in [9.17, 15) is 8.78 Å². The van der Waals surface area contributed by atoms with Gasteiger partial charge in [0.2, 0.25) is 11.9 Å². The van der Waals surface area contributed by atoms with Gasteiger partial charge in [-0.15, -0.1) is 0 Å². The number of hydrogen-bond acceptors (Lipinski definition) is 9. The molecule has 0 saturated carbocycles. The maximum Gasteiger partial charge on any atom is 0.264 e. The Morgan fingerprint density at radius 1 is 1.10 bits per heavy atom. The lowest BCUT2D eigenvalue weighted by Crippen LogP contribution is -2.47. The molecule has 0 radical (unpaired) electrons. The average Bonchev–Trinajstić information content (AvgIpc) is 2.73. The summed E-state index contributed by atoms with van der Waals surface area (Å²) in [6, 6.07) is 1.21. The second-order valence-electron chi connectivity index (χ2n) is 8.04. The van der Waals surface area contributed by atoms with Gasteiger partial charge in [0, 0.05) is 37.0 Å². The molecule has 9 nitrogen and oxygen atoms in total. The molecule has 0 aliphatic carbocycles. The van der Waals surface area contributed by atoms with Crippen molar-refractivity contribution < 1.29 is 18.3 Å². The number of morpholine rings is 2. The fourth-order valence-corrected chi connectivity index (χ4v) is 3.97. The van der Waals surface area contributed by atoms with E-state index >= 15 is 0 Å². The van der Waals surface area contributed by atoms with Crippen LogP contribution in [0.3, 0.4) is 0 Å². The highest BCUT2D eigenvalue weighted by atomic mass is 19.3. The monoisotopic (exact) mass is 435 g/mol. The number of nitrogen functional groups attached to an aromatic ring is 1. The van der Waals surface area contributed by atoms with Crippen molar-refractivity contribution in [3.8, 4) is 11.4 Å². The molecule has 0 aromatic carbocycles. The van der Waals surface area contributed by atoms with Gasteiger partial charge in [0.1, 0.15) is 5.82 Å². The van der Waals surface area contributed by atoms with Crippen LogP contribution >= 0.6 is 0 Å². The molecular weight excluding hydrogens is 408 g/mol. The predicted octanol–water partition coefficient (Wildman–Crippen LogP) is 2.29. The smallest absolute Gasteiger partial charge is 0.264 e. The van der Waals surface area contributed by atoms with Gasteiger partial charge < -0.3 is 25.0 Å². The first-order chi connectivity index (χ1) is 14.8. The van der Waals surface area contributed by atoms with Gasteiger partial charge in [0.15, 0.2) is 5.82 Å². The molecule has 31 heavy (non-hydrogen) atoms. The molecule has 0 unspecified atom stereocenters. The highest BCUT2D eigenvalue weighted by Crippen LogP contribution is 2.32. The lowest BCUT2D eigenvalue weighted by atomic mass is 10.1. The van der Waals surface area contributed by atoms with Crippen LogP contribution in [0.5, 0.6) is 0 Å². The summed E-state index contributed by atoms with van der Waals surface area (Å²) in [5.74, 6) is 1.02. The van der Waals surface area contributed by atoms with E-state index in [2.05, 4.69) is 15.0 Å². The summed E-state index contributed by atoms with van der Waals surface area (Å²) in [6.45, 7) is 8.83. The van der Waals surface area contributed by atoms with Gasteiger partial charge in [-0.05, 0) is 26.8 Å². The Kier molecular flexibility index (Phi) is 6.15. The second kappa shape index (κ2) is 8.83. The lowest BCUT2D eigenvalue weighted by molar-refractivity contribution is -0.00572. The van der Waals surface area contributed by atoms with E-state index in [1.807, 2.05) is 30.6 Å². The summed E-state index contributed by atoms with van der Waals surface area (Å²) >= 11 is 0. The minimum absolute atomic E-state index is 0.00968. The van der Waals surface area contributed by atoms with Crippen molar-refractivity contribution in [1.29, 1.82) is 0 Å². The van der Waals surface area contributed by atoms with Crippen molar-refractivity contribution in [3.05, 3.63) is 17.8 Å². The molecule has 4 rings (SSSR count). The number of anilines is 3. The average molecular weight is 435 g/mol. The third kappa shape index (κ3) is 4.67. The van der Waals surface area contributed by atoms with E-state index in [0.717, 1.165) is 0 Å². The molecule has 0 amide bonds. The fourth-order valence-electron chi connectivity index (χ4n) is 3.97. The molecule has 2 aliphatic rings. The molecule has 0 spiro atoms. The minimum atomic E-state index is -2.74. The highest BCUT2D eigenvalue weighted by molar-refractivity contribution is 5.64. The van der Waals surface area contributed by atoms with Gasteiger partial charge in [0.25, 0.3) is 6.43 Å². The zero-order valence-corrected chi connectivity index (χ0v) is 17.8. The topological polar surface area (TPSA) is 103 Å². The number of aromatic nitrogens is 4. The van der Waals surface area contributed by atoms with E-state index < -0.39 is 6.43 Å². The van der Waals surface area contributed by atoms with Crippen LogP contribution in [0.25, 0.3) is 11.4 Å². The number of nitrogens with zero attached hydrogens (tertiary/aromatic N) is 6. The van der Waals surface area contributed by atoms with Crippen LogP contribution in [-0.2, 0) is 9.47 Å². The number of ether oxygens (including phenoxy) is 2. The van der Waals surface area contributed by atoms with Crippen LogP contribution in [-0.4, -0.2) is 71.0 Å². The molecule has 2 aromatic rings. The Labute approximate surface area is 179 Å². The van der Waals surface area contributed by atoms with Crippen molar-refractivity contribution in [2.45, 2.75) is 45.4 Å². The summed E-state index contributed by atoms with van der Waals surface area (Å²) in [7, 11) is 0. The van der Waals surface area contributed by atoms with Gasteiger partial charge in [-0.3, -0.25) is 0 Å². The third-order valence-corrected chi connectivity index (χ3v) is 5.37. The summed E-state index contributed by atoms with van der Waals surface area (Å²) in [5.41, 5.74) is 5.53. The van der Waals surface area contributed by atoms with Crippen molar-refractivity contribution in [2.24, 2.45) is 0 Å².